The van der Waals surface area contributed by atoms with Crippen molar-refractivity contribution in [1.82, 2.24) is 0 Å². The smallest absolute Gasteiger partial charge is 0.271 e. The molecule has 0 spiro atoms. The van der Waals surface area contributed by atoms with Gasteiger partial charge in [0.1, 0.15) is 0 Å². The SMILES string of the molecule is Cc1ccc(S(=O)(=O)Nc2cc([N+](=O)[O-])ccc2N)cc1. The molecular weight excluding hydrogens is 294 g/mol. The molecule has 3 N–H and O–H groups in total. The first-order chi connectivity index (χ1) is 9.79. The number of sulfonamides is 1. The van der Waals surface area contributed by atoms with Gasteiger partial charge in [0.25, 0.3) is 15.7 Å². The van der Waals surface area contributed by atoms with E-state index in [0.29, 0.717) is 0 Å². The third-order valence-electron chi connectivity index (χ3n) is 2.82. The first-order valence-corrected chi connectivity index (χ1v) is 7.41. The molecule has 0 amide bonds. The fourth-order valence-electron chi connectivity index (χ4n) is 1.67. The Labute approximate surface area is 121 Å². The van der Waals surface area contributed by atoms with Crippen molar-refractivity contribution in [1.29, 1.82) is 0 Å². The molecule has 2 aromatic carbocycles. The number of benzene rings is 2. The van der Waals surface area contributed by atoms with Crippen LogP contribution in [0.2, 0.25) is 0 Å². The summed E-state index contributed by atoms with van der Waals surface area (Å²) in [5, 5.41) is 10.7. The van der Waals surface area contributed by atoms with E-state index in [1.807, 2.05) is 6.92 Å². The largest absolute Gasteiger partial charge is 0.397 e. The van der Waals surface area contributed by atoms with Crippen LogP contribution in [0.4, 0.5) is 17.1 Å². The molecule has 0 radical (unpaired) electrons. The van der Waals surface area contributed by atoms with E-state index in [1.54, 1.807) is 12.1 Å². The Morgan fingerprint density at radius 1 is 1.14 bits per heavy atom. The van der Waals surface area contributed by atoms with Gasteiger partial charge in [-0.05, 0) is 25.1 Å². The lowest BCUT2D eigenvalue weighted by Gasteiger charge is -2.10. The third kappa shape index (κ3) is 3.29. The maximum atomic E-state index is 12.2. The second kappa shape index (κ2) is 5.41. The number of anilines is 2. The van der Waals surface area contributed by atoms with Gasteiger partial charge >= 0.3 is 0 Å². The minimum absolute atomic E-state index is 0.0234. The van der Waals surface area contributed by atoms with Crippen molar-refractivity contribution in [2.75, 3.05) is 10.5 Å². The summed E-state index contributed by atoms with van der Waals surface area (Å²) in [7, 11) is -3.85. The Morgan fingerprint density at radius 2 is 1.76 bits per heavy atom. The molecule has 0 heterocycles. The first kappa shape index (κ1) is 14.8. The van der Waals surface area contributed by atoms with E-state index in [-0.39, 0.29) is 22.0 Å². The van der Waals surface area contributed by atoms with Gasteiger partial charge in [-0.15, -0.1) is 0 Å². The van der Waals surface area contributed by atoms with Gasteiger partial charge in [-0.3, -0.25) is 14.8 Å². The van der Waals surface area contributed by atoms with E-state index in [0.717, 1.165) is 11.6 Å². The van der Waals surface area contributed by atoms with Crippen LogP contribution in [-0.2, 0) is 10.0 Å². The van der Waals surface area contributed by atoms with Crippen LogP contribution in [0.5, 0.6) is 0 Å². The molecule has 8 heteroatoms. The molecule has 7 nitrogen and oxygen atoms in total. The van der Waals surface area contributed by atoms with Crippen LogP contribution in [-0.4, -0.2) is 13.3 Å². The topological polar surface area (TPSA) is 115 Å². The molecule has 0 saturated carbocycles. The van der Waals surface area contributed by atoms with E-state index >= 15 is 0 Å². The van der Waals surface area contributed by atoms with Crippen molar-refractivity contribution in [3.05, 3.63) is 58.1 Å². The lowest BCUT2D eigenvalue weighted by molar-refractivity contribution is -0.384. The van der Waals surface area contributed by atoms with Crippen LogP contribution in [0, 0.1) is 17.0 Å². The van der Waals surface area contributed by atoms with Gasteiger partial charge in [-0.25, -0.2) is 8.42 Å². The quantitative estimate of drug-likeness (QED) is 0.511. The fourth-order valence-corrected chi connectivity index (χ4v) is 2.75. The van der Waals surface area contributed by atoms with Crippen molar-refractivity contribution in [3.8, 4) is 0 Å². The minimum atomic E-state index is -3.85. The number of rotatable bonds is 4. The van der Waals surface area contributed by atoms with Gasteiger partial charge < -0.3 is 5.73 Å². The van der Waals surface area contributed by atoms with Crippen molar-refractivity contribution in [3.63, 3.8) is 0 Å². The monoisotopic (exact) mass is 307 g/mol. The van der Waals surface area contributed by atoms with Crippen molar-refractivity contribution in [2.24, 2.45) is 0 Å². The molecule has 21 heavy (non-hydrogen) atoms. The molecule has 0 aromatic heterocycles. The third-order valence-corrected chi connectivity index (χ3v) is 4.20. The number of nitrogen functional groups attached to an aromatic ring is 1. The highest BCUT2D eigenvalue weighted by molar-refractivity contribution is 7.92. The molecule has 0 aliphatic carbocycles. The Kier molecular flexibility index (Phi) is 3.81. The summed E-state index contributed by atoms with van der Waals surface area (Å²) in [5.41, 5.74) is 6.41. The lowest BCUT2D eigenvalue weighted by atomic mass is 10.2. The highest BCUT2D eigenvalue weighted by atomic mass is 32.2. The summed E-state index contributed by atoms with van der Waals surface area (Å²) in [6.07, 6.45) is 0. The van der Waals surface area contributed by atoms with Crippen LogP contribution in [0.25, 0.3) is 0 Å². The molecule has 0 aliphatic rings. The first-order valence-electron chi connectivity index (χ1n) is 5.93. The van der Waals surface area contributed by atoms with Crippen LogP contribution >= 0.6 is 0 Å². The Bertz CT molecular complexity index is 786. The van der Waals surface area contributed by atoms with E-state index < -0.39 is 14.9 Å². The van der Waals surface area contributed by atoms with Gasteiger partial charge in [0.15, 0.2) is 0 Å². The number of aryl methyl sites for hydroxylation is 1. The zero-order chi connectivity index (χ0) is 15.6. The predicted molar refractivity (Wildman–Crippen MR) is 79.5 cm³/mol. The highest BCUT2D eigenvalue weighted by Gasteiger charge is 2.17. The maximum Gasteiger partial charge on any atom is 0.271 e. The van der Waals surface area contributed by atoms with Crippen molar-refractivity contribution < 1.29 is 13.3 Å². The van der Waals surface area contributed by atoms with Gasteiger partial charge in [-0.1, -0.05) is 17.7 Å². The Hall–Kier alpha value is -2.61. The summed E-state index contributed by atoms with van der Waals surface area (Å²) >= 11 is 0. The number of hydrogen-bond acceptors (Lipinski definition) is 5. The number of nitrogens with one attached hydrogen (secondary N) is 1. The van der Waals surface area contributed by atoms with Crippen molar-refractivity contribution >= 4 is 27.1 Å². The fraction of sp³-hybridized carbons (Fsp3) is 0.0769. The van der Waals surface area contributed by atoms with E-state index in [2.05, 4.69) is 4.72 Å². The van der Waals surface area contributed by atoms with E-state index in [9.17, 15) is 18.5 Å². The van der Waals surface area contributed by atoms with Crippen LogP contribution < -0.4 is 10.5 Å². The molecular formula is C13H13N3O4S. The zero-order valence-corrected chi connectivity index (χ0v) is 11.9. The molecule has 0 atom stereocenters. The normalized spacial score (nSPS) is 11.1. The molecule has 0 aliphatic heterocycles. The number of nitrogens with two attached hydrogens (primary N) is 1. The number of nitrogens with zero attached hydrogens (tertiary/aromatic N) is 1. The van der Waals surface area contributed by atoms with Gasteiger partial charge in [0, 0.05) is 12.1 Å². The summed E-state index contributed by atoms with van der Waals surface area (Å²) in [4.78, 5) is 10.2. The minimum Gasteiger partial charge on any atom is -0.397 e. The molecule has 2 rings (SSSR count). The highest BCUT2D eigenvalue weighted by Crippen LogP contribution is 2.26. The summed E-state index contributed by atoms with van der Waals surface area (Å²) in [5.74, 6) is 0. The van der Waals surface area contributed by atoms with Crippen LogP contribution in [0.1, 0.15) is 5.56 Å². The van der Waals surface area contributed by atoms with Gasteiger partial charge in [0.2, 0.25) is 0 Å². The molecule has 0 fully saturated rings. The Morgan fingerprint density at radius 3 is 2.33 bits per heavy atom. The van der Waals surface area contributed by atoms with E-state index in [4.69, 9.17) is 5.73 Å². The number of nitro groups is 1. The number of hydrogen-bond donors (Lipinski definition) is 2. The number of nitro benzene ring substituents is 1. The second-order valence-electron chi connectivity index (χ2n) is 4.45. The molecule has 0 saturated heterocycles. The van der Waals surface area contributed by atoms with Gasteiger partial charge in [0.05, 0.1) is 21.2 Å². The maximum absolute atomic E-state index is 12.2. The second-order valence-corrected chi connectivity index (χ2v) is 6.13. The van der Waals surface area contributed by atoms with Crippen molar-refractivity contribution in [2.45, 2.75) is 11.8 Å². The zero-order valence-electron chi connectivity index (χ0n) is 11.1. The predicted octanol–water partition coefficient (Wildman–Crippen LogP) is 2.29. The number of non-ortho nitro benzene ring substituents is 1. The molecule has 0 bridgehead atoms. The lowest BCUT2D eigenvalue weighted by Crippen LogP contribution is -2.14. The average Bonchev–Trinajstić information content (AvgIpc) is 2.41. The molecule has 0 unspecified atom stereocenters. The molecule has 110 valence electrons. The summed E-state index contributed by atoms with van der Waals surface area (Å²) in [6.45, 7) is 1.84. The standard InChI is InChI=1S/C13H13N3O4S/c1-9-2-5-11(6-3-9)21(19,20)15-13-8-10(16(17)18)4-7-12(13)14/h2-8,15H,14H2,1H3. The Balaban J connectivity index is 2.38. The molecule has 2 aromatic rings. The average molecular weight is 307 g/mol. The van der Waals surface area contributed by atoms with Crippen LogP contribution in [0.15, 0.2) is 47.4 Å². The van der Waals surface area contributed by atoms with Crippen LogP contribution in [0.3, 0.4) is 0 Å². The van der Waals surface area contributed by atoms with E-state index in [1.165, 1.54) is 24.3 Å². The van der Waals surface area contributed by atoms with Gasteiger partial charge in [-0.2, -0.15) is 0 Å². The summed E-state index contributed by atoms with van der Waals surface area (Å²) < 4.78 is 26.7. The summed E-state index contributed by atoms with van der Waals surface area (Å²) in [6, 6.07) is 9.79.